The maximum Gasteiger partial charge on any atom is 0.355 e. The number of carbonyl (C=O) groups is 4. The van der Waals surface area contributed by atoms with Crippen LogP contribution in [0.3, 0.4) is 0 Å². The molecule has 0 saturated carbocycles. The third-order valence-electron chi connectivity index (χ3n) is 3.60. The molecule has 0 amide bonds. The Hall–Kier alpha value is -4.03. The van der Waals surface area contributed by atoms with E-state index in [0.29, 0.717) is 18.3 Å². The van der Waals surface area contributed by atoms with Crippen molar-refractivity contribution in [2.45, 2.75) is 27.7 Å². The second-order valence-corrected chi connectivity index (χ2v) is 5.77. The van der Waals surface area contributed by atoms with E-state index >= 15 is 0 Å². The molecule has 1 aromatic heterocycles. The zero-order valence-corrected chi connectivity index (χ0v) is 18.4. The highest BCUT2D eigenvalue weighted by molar-refractivity contribution is 6.16. The van der Waals surface area contributed by atoms with Gasteiger partial charge in [-0.2, -0.15) is 4.39 Å². The fourth-order valence-corrected chi connectivity index (χ4v) is 2.35. The zero-order chi connectivity index (χ0) is 25.1. The highest BCUT2D eigenvalue weighted by Gasteiger charge is 2.26. The van der Waals surface area contributed by atoms with E-state index in [1.807, 2.05) is 0 Å². The van der Waals surface area contributed by atoms with E-state index in [2.05, 4.69) is 4.74 Å². The normalized spacial score (nSPS) is 11.5. The number of halogens is 1. The Kier molecular flexibility index (Phi) is 10.4. The summed E-state index contributed by atoms with van der Waals surface area (Å²) >= 11 is 0. The van der Waals surface area contributed by atoms with Gasteiger partial charge < -0.3 is 18.9 Å². The zero-order valence-electron chi connectivity index (χ0n) is 18.4. The molecule has 180 valence electrons. The maximum absolute atomic E-state index is 14.5. The second kappa shape index (κ2) is 12.7. The largest absolute Gasteiger partial charge is 0.463 e. The van der Waals surface area contributed by atoms with Crippen molar-refractivity contribution in [3.8, 4) is 0 Å². The molecule has 0 unspecified atom stereocenters. The summed E-state index contributed by atoms with van der Waals surface area (Å²) in [5.74, 6) is -6.36. The van der Waals surface area contributed by atoms with Crippen LogP contribution in [0.15, 0.2) is 27.9 Å². The number of hydrogen-bond acceptors (Lipinski definition) is 10. The highest BCUT2D eigenvalue weighted by Crippen LogP contribution is 2.09. The summed E-state index contributed by atoms with van der Waals surface area (Å²) in [7, 11) is 0. The minimum Gasteiger partial charge on any atom is -0.463 e. The van der Waals surface area contributed by atoms with Gasteiger partial charge in [-0.3, -0.25) is 9.36 Å². The van der Waals surface area contributed by atoms with Gasteiger partial charge in [-0.1, -0.05) is 0 Å². The van der Waals surface area contributed by atoms with Crippen LogP contribution >= 0.6 is 0 Å². The van der Waals surface area contributed by atoms with Gasteiger partial charge in [-0.05, 0) is 27.7 Å². The monoisotopic (exact) mass is 470 g/mol. The molecule has 0 atom stereocenters. The number of rotatable bonds is 10. The Morgan fingerprint density at radius 2 is 1.21 bits per heavy atom. The van der Waals surface area contributed by atoms with Crippen LogP contribution in [0, 0.1) is 5.82 Å². The molecule has 0 radical (unpaired) electrons. The van der Waals surface area contributed by atoms with Crippen molar-refractivity contribution >= 4 is 35.3 Å². The van der Waals surface area contributed by atoms with Crippen molar-refractivity contribution in [1.29, 1.82) is 0 Å². The number of carbonyl (C=O) groups excluding carboxylic acids is 4. The smallest absolute Gasteiger partial charge is 0.355 e. The second-order valence-electron chi connectivity index (χ2n) is 5.77. The van der Waals surface area contributed by atoms with Gasteiger partial charge in [0.15, 0.2) is 0 Å². The van der Waals surface area contributed by atoms with E-state index in [1.54, 1.807) is 0 Å². The average Bonchev–Trinajstić information content (AvgIpc) is 2.75. The van der Waals surface area contributed by atoms with E-state index in [4.69, 9.17) is 14.2 Å². The van der Waals surface area contributed by atoms with Crippen molar-refractivity contribution in [3.63, 3.8) is 0 Å². The molecule has 1 rings (SSSR count). The van der Waals surface area contributed by atoms with Gasteiger partial charge >= 0.3 is 29.6 Å². The fraction of sp³-hybridized carbons (Fsp3) is 0.400. The Labute approximate surface area is 186 Å². The molecule has 1 aromatic rings. The summed E-state index contributed by atoms with van der Waals surface area (Å²) < 4.78 is 33.7. The first-order valence-electron chi connectivity index (χ1n) is 9.78. The third-order valence-corrected chi connectivity index (χ3v) is 3.60. The summed E-state index contributed by atoms with van der Waals surface area (Å²) in [6, 6.07) is 0. The van der Waals surface area contributed by atoms with Crippen LogP contribution in [0.1, 0.15) is 27.7 Å². The Bertz CT molecular complexity index is 1100. The van der Waals surface area contributed by atoms with Gasteiger partial charge in [-0.15, -0.1) is 0 Å². The molecule has 0 N–H and O–H groups in total. The quantitative estimate of drug-likeness (QED) is 0.261. The molecule has 0 aliphatic heterocycles. The molecule has 0 aliphatic rings. The number of esters is 4. The van der Waals surface area contributed by atoms with Gasteiger partial charge in [0.25, 0.3) is 5.56 Å². The number of hydrogen-bond donors (Lipinski definition) is 0. The molecular formula is C20H23FN2O10. The van der Waals surface area contributed by atoms with E-state index in [9.17, 15) is 33.2 Å². The first-order valence-corrected chi connectivity index (χ1v) is 9.78. The number of nitrogens with zero attached hydrogens (tertiary/aromatic N) is 2. The third kappa shape index (κ3) is 6.98. The Balaban J connectivity index is 3.95. The minimum absolute atomic E-state index is 0.0253. The van der Waals surface area contributed by atoms with Crippen molar-refractivity contribution in [2.75, 3.05) is 26.4 Å². The van der Waals surface area contributed by atoms with Crippen molar-refractivity contribution in [3.05, 3.63) is 45.0 Å². The summed E-state index contributed by atoms with van der Waals surface area (Å²) in [5, 5.41) is 0. The molecule has 13 heteroatoms. The van der Waals surface area contributed by atoms with Gasteiger partial charge in [0.2, 0.25) is 5.82 Å². The van der Waals surface area contributed by atoms with Crippen LogP contribution in [0.5, 0.6) is 0 Å². The average molecular weight is 470 g/mol. The van der Waals surface area contributed by atoms with Gasteiger partial charge in [0, 0.05) is 0 Å². The fourth-order valence-electron chi connectivity index (χ4n) is 2.35. The minimum atomic E-state index is -1.63. The summed E-state index contributed by atoms with van der Waals surface area (Å²) in [6.45, 7) is 5.21. The molecule has 0 spiro atoms. The Morgan fingerprint density at radius 1 is 0.788 bits per heavy atom. The highest BCUT2D eigenvalue weighted by atomic mass is 19.1. The van der Waals surface area contributed by atoms with Crippen LogP contribution in [0.4, 0.5) is 4.39 Å². The predicted octanol–water partition coefficient (Wildman–Crippen LogP) is 0.0833. The lowest BCUT2D eigenvalue weighted by Crippen LogP contribution is -2.43. The van der Waals surface area contributed by atoms with Gasteiger partial charge in [0.1, 0.15) is 11.4 Å². The van der Waals surface area contributed by atoms with Crippen LogP contribution in [0.25, 0.3) is 11.4 Å². The molecule has 0 saturated heterocycles. The molecule has 0 aromatic carbocycles. The van der Waals surface area contributed by atoms with Gasteiger partial charge in [0.05, 0.1) is 44.8 Å². The SMILES string of the molecule is CCOC(=O)/C=C(/C(=O)OCC)n1cc(F)c(=O)n(/C(=C/C(=O)OCC)C(=O)OCC)c1=O. The number of ether oxygens (including phenoxy) is 4. The molecular weight excluding hydrogens is 447 g/mol. The molecule has 0 aliphatic carbocycles. The number of aromatic nitrogens is 2. The van der Waals surface area contributed by atoms with E-state index < -0.39 is 52.3 Å². The topological polar surface area (TPSA) is 149 Å². The van der Waals surface area contributed by atoms with Crippen LogP contribution < -0.4 is 11.2 Å². The predicted molar refractivity (Wildman–Crippen MR) is 110 cm³/mol. The van der Waals surface area contributed by atoms with Gasteiger partial charge in [-0.25, -0.2) is 28.5 Å². The molecule has 1 heterocycles. The summed E-state index contributed by atoms with van der Waals surface area (Å²) in [5.41, 5.74) is -4.89. The summed E-state index contributed by atoms with van der Waals surface area (Å²) in [6.07, 6.45) is 1.35. The Morgan fingerprint density at radius 3 is 1.67 bits per heavy atom. The van der Waals surface area contributed by atoms with Crippen molar-refractivity contribution in [2.24, 2.45) is 0 Å². The summed E-state index contributed by atoms with van der Waals surface area (Å²) in [4.78, 5) is 74.0. The van der Waals surface area contributed by atoms with Crippen LogP contribution in [0.2, 0.25) is 0 Å². The first kappa shape index (κ1) is 27.0. The van der Waals surface area contributed by atoms with E-state index in [-0.39, 0.29) is 35.6 Å². The molecule has 0 fully saturated rings. The molecule has 0 bridgehead atoms. The standard InChI is InChI=1S/C20H23FN2O10/c1-5-30-15(24)9-13(18(27)32-7-3)22-11-12(21)17(26)23(20(22)29)14(19(28)33-8-4)10-16(25)31-6-2/h9-11H,5-8H2,1-4H3/b13-9-,14-10+. The van der Waals surface area contributed by atoms with Crippen molar-refractivity contribution < 1.29 is 42.5 Å². The van der Waals surface area contributed by atoms with Crippen molar-refractivity contribution in [1.82, 2.24) is 9.13 Å². The van der Waals surface area contributed by atoms with E-state index in [1.165, 1.54) is 27.7 Å². The first-order chi connectivity index (χ1) is 15.6. The lowest BCUT2D eigenvalue weighted by Gasteiger charge is -2.14. The van der Waals surface area contributed by atoms with Crippen LogP contribution in [-0.4, -0.2) is 59.4 Å². The molecule has 33 heavy (non-hydrogen) atoms. The maximum atomic E-state index is 14.5. The molecule has 12 nitrogen and oxygen atoms in total. The van der Waals surface area contributed by atoms with E-state index in [0.717, 1.165) is 0 Å². The van der Waals surface area contributed by atoms with Crippen LogP contribution in [-0.2, 0) is 38.1 Å². The lowest BCUT2D eigenvalue weighted by atomic mass is 10.3. The lowest BCUT2D eigenvalue weighted by molar-refractivity contribution is -0.139.